The summed E-state index contributed by atoms with van der Waals surface area (Å²) in [5.41, 5.74) is 0. The van der Waals surface area contributed by atoms with E-state index in [4.69, 9.17) is 14.1 Å². The number of aliphatic imine (C=N–C) groups is 1. The molecule has 150 valence electrons. The fourth-order valence-corrected chi connectivity index (χ4v) is 3.14. The van der Waals surface area contributed by atoms with Gasteiger partial charge in [-0.25, -0.2) is 0 Å². The van der Waals surface area contributed by atoms with Crippen LogP contribution in [0.5, 0.6) is 0 Å². The molecule has 0 amide bonds. The van der Waals surface area contributed by atoms with E-state index in [1.165, 1.54) is 19.3 Å². The number of nitrogens with zero attached hydrogens (tertiary/aromatic N) is 2. The molecule has 1 aliphatic rings. The highest BCUT2D eigenvalue weighted by Gasteiger charge is 2.24. The average Bonchev–Trinajstić information content (AvgIpc) is 3.17. The summed E-state index contributed by atoms with van der Waals surface area (Å²) >= 11 is 0. The minimum absolute atomic E-state index is 0. The van der Waals surface area contributed by atoms with Crippen molar-refractivity contribution in [2.45, 2.75) is 45.6 Å². The fraction of sp³-hybridized carbons (Fsp3) is 0.737. The van der Waals surface area contributed by atoms with Crippen LogP contribution in [0.4, 0.5) is 0 Å². The second-order valence-corrected chi connectivity index (χ2v) is 6.32. The van der Waals surface area contributed by atoms with Gasteiger partial charge in [0.25, 0.3) is 0 Å². The summed E-state index contributed by atoms with van der Waals surface area (Å²) in [7, 11) is 0. The second-order valence-electron chi connectivity index (χ2n) is 6.32. The molecule has 0 saturated carbocycles. The van der Waals surface area contributed by atoms with Gasteiger partial charge in [0.2, 0.25) is 0 Å². The van der Waals surface area contributed by atoms with Crippen LogP contribution < -0.4 is 10.6 Å². The van der Waals surface area contributed by atoms with Gasteiger partial charge >= 0.3 is 0 Å². The summed E-state index contributed by atoms with van der Waals surface area (Å²) in [5.74, 6) is 1.88. The first-order chi connectivity index (χ1) is 12.3. The number of halogens is 1. The van der Waals surface area contributed by atoms with E-state index < -0.39 is 0 Å². The Morgan fingerprint density at radius 3 is 2.73 bits per heavy atom. The number of likely N-dealkylation sites (tertiary alicyclic amines) is 1. The normalized spacial score (nSPS) is 16.8. The number of hydrogen-bond donors (Lipinski definition) is 2. The van der Waals surface area contributed by atoms with Crippen LogP contribution in [0.15, 0.2) is 27.8 Å². The molecule has 26 heavy (non-hydrogen) atoms. The molecule has 2 heterocycles. The van der Waals surface area contributed by atoms with Crippen LogP contribution in [-0.4, -0.2) is 56.8 Å². The van der Waals surface area contributed by atoms with Crippen molar-refractivity contribution in [3.63, 3.8) is 0 Å². The van der Waals surface area contributed by atoms with Crippen LogP contribution in [-0.2, 0) is 4.74 Å². The summed E-state index contributed by atoms with van der Waals surface area (Å²) in [6, 6.07) is 4.25. The summed E-state index contributed by atoms with van der Waals surface area (Å²) in [6.45, 7) is 10.3. The van der Waals surface area contributed by atoms with Gasteiger partial charge in [0, 0.05) is 26.3 Å². The molecule has 2 rings (SSSR count). The van der Waals surface area contributed by atoms with Crippen molar-refractivity contribution < 1.29 is 9.15 Å². The molecule has 0 aliphatic carbocycles. The third kappa shape index (κ3) is 8.26. The van der Waals surface area contributed by atoms with Crippen molar-refractivity contribution in [3.8, 4) is 0 Å². The first-order valence-corrected chi connectivity index (χ1v) is 9.72. The van der Waals surface area contributed by atoms with E-state index in [9.17, 15) is 0 Å². The van der Waals surface area contributed by atoms with Gasteiger partial charge in [-0.15, -0.1) is 24.0 Å². The number of rotatable bonds is 10. The summed E-state index contributed by atoms with van der Waals surface area (Å²) < 4.78 is 11.1. The zero-order chi connectivity index (χ0) is 17.7. The number of furan rings is 1. The van der Waals surface area contributed by atoms with E-state index in [1.54, 1.807) is 6.26 Å². The molecule has 0 radical (unpaired) electrons. The van der Waals surface area contributed by atoms with Crippen molar-refractivity contribution in [1.29, 1.82) is 0 Å². The smallest absolute Gasteiger partial charge is 0.191 e. The Bertz CT molecular complexity index is 476. The van der Waals surface area contributed by atoms with Gasteiger partial charge in [0.15, 0.2) is 5.96 Å². The van der Waals surface area contributed by atoms with Crippen LogP contribution in [0.3, 0.4) is 0 Å². The molecule has 6 nitrogen and oxygen atoms in total. The first-order valence-electron chi connectivity index (χ1n) is 9.72. The zero-order valence-electron chi connectivity index (χ0n) is 16.2. The lowest BCUT2D eigenvalue weighted by atomic mass is 10.1. The molecule has 1 aromatic heterocycles. The Kier molecular flexibility index (Phi) is 12.8. The van der Waals surface area contributed by atoms with Crippen LogP contribution >= 0.6 is 24.0 Å². The monoisotopic (exact) mass is 478 g/mol. The minimum Gasteiger partial charge on any atom is -0.468 e. The average molecular weight is 478 g/mol. The molecule has 2 N–H and O–H groups in total. The van der Waals surface area contributed by atoms with Gasteiger partial charge < -0.3 is 19.8 Å². The Morgan fingerprint density at radius 1 is 1.27 bits per heavy atom. The molecule has 1 aromatic rings. The fourth-order valence-electron chi connectivity index (χ4n) is 3.14. The number of nitrogens with one attached hydrogen (secondary N) is 2. The quantitative estimate of drug-likeness (QED) is 0.234. The lowest BCUT2D eigenvalue weighted by Gasteiger charge is -2.32. The zero-order valence-corrected chi connectivity index (χ0v) is 18.5. The lowest BCUT2D eigenvalue weighted by Crippen LogP contribution is -2.40. The van der Waals surface area contributed by atoms with Gasteiger partial charge in [-0.1, -0.05) is 6.42 Å². The molecule has 0 spiro atoms. The van der Waals surface area contributed by atoms with E-state index in [0.29, 0.717) is 6.54 Å². The molecule has 1 aliphatic heterocycles. The van der Waals surface area contributed by atoms with Gasteiger partial charge in [-0.3, -0.25) is 9.89 Å². The van der Waals surface area contributed by atoms with Crippen molar-refractivity contribution >= 4 is 29.9 Å². The van der Waals surface area contributed by atoms with E-state index >= 15 is 0 Å². The topological polar surface area (TPSA) is 62.0 Å². The molecule has 7 heteroatoms. The molecule has 1 saturated heterocycles. The standard InChI is InChI=1S/C19H34N4O2.HI/c1-3-20-19(21-11-9-14-24-4-2)22-16-17(18-10-8-15-25-18)23-12-6-5-7-13-23;/h8,10,15,17H,3-7,9,11-14,16H2,1-2H3,(H2,20,21,22);1H. The van der Waals surface area contributed by atoms with E-state index in [-0.39, 0.29) is 30.0 Å². The Balaban J connectivity index is 0.00000338. The number of hydrogen-bond acceptors (Lipinski definition) is 4. The van der Waals surface area contributed by atoms with Crippen LogP contribution in [0.25, 0.3) is 0 Å². The summed E-state index contributed by atoms with van der Waals surface area (Å²) in [6.07, 6.45) is 6.58. The van der Waals surface area contributed by atoms with E-state index in [0.717, 1.165) is 57.5 Å². The largest absolute Gasteiger partial charge is 0.468 e. The van der Waals surface area contributed by atoms with Crippen molar-refractivity contribution in [3.05, 3.63) is 24.2 Å². The summed E-state index contributed by atoms with van der Waals surface area (Å²) in [5, 5.41) is 6.72. The highest BCUT2D eigenvalue weighted by molar-refractivity contribution is 14.0. The number of ether oxygens (including phenoxy) is 1. The molecule has 0 bridgehead atoms. The van der Waals surface area contributed by atoms with Gasteiger partial charge in [-0.05, 0) is 58.3 Å². The van der Waals surface area contributed by atoms with Crippen molar-refractivity contribution in [1.82, 2.24) is 15.5 Å². The molecule has 1 fully saturated rings. The van der Waals surface area contributed by atoms with Gasteiger partial charge in [0.05, 0.1) is 18.8 Å². The lowest BCUT2D eigenvalue weighted by molar-refractivity contribution is 0.145. The molecular formula is C19H35IN4O2. The minimum atomic E-state index is 0. The first kappa shape index (κ1) is 23.2. The molecule has 0 aromatic carbocycles. The number of guanidine groups is 1. The highest BCUT2D eigenvalue weighted by atomic mass is 127. The van der Waals surface area contributed by atoms with E-state index in [2.05, 4.69) is 28.5 Å². The molecule has 1 atom stereocenters. The Hall–Kier alpha value is -0.800. The summed E-state index contributed by atoms with van der Waals surface area (Å²) in [4.78, 5) is 7.32. The number of piperidine rings is 1. The van der Waals surface area contributed by atoms with Gasteiger partial charge in [0.1, 0.15) is 5.76 Å². The van der Waals surface area contributed by atoms with Crippen LogP contribution in [0.2, 0.25) is 0 Å². The predicted molar refractivity (Wildman–Crippen MR) is 117 cm³/mol. The molecule has 1 unspecified atom stereocenters. The third-order valence-electron chi connectivity index (χ3n) is 4.43. The predicted octanol–water partition coefficient (Wildman–Crippen LogP) is 3.41. The van der Waals surface area contributed by atoms with Crippen molar-refractivity contribution in [2.75, 3.05) is 45.9 Å². The maximum Gasteiger partial charge on any atom is 0.191 e. The maximum atomic E-state index is 5.70. The van der Waals surface area contributed by atoms with E-state index in [1.807, 2.05) is 13.0 Å². The Morgan fingerprint density at radius 2 is 2.08 bits per heavy atom. The van der Waals surface area contributed by atoms with Crippen LogP contribution in [0.1, 0.15) is 51.3 Å². The van der Waals surface area contributed by atoms with Gasteiger partial charge in [-0.2, -0.15) is 0 Å². The molecular weight excluding hydrogens is 443 g/mol. The Labute approximate surface area is 175 Å². The second kappa shape index (κ2) is 14.3. The maximum absolute atomic E-state index is 5.70. The SMILES string of the molecule is CCNC(=NCC(c1ccco1)N1CCCCC1)NCCCOCC.I. The van der Waals surface area contributed by atoms with Crippen LogP contribution in [0, 0.1) is 0 Å². The highest BCUT2D eigenvalue weighted by Crippen LogP contribution is 2.25. The third-order valence-corrected chi connectivity index (χ3v) is 4.43. The van der Waals surface area contributed by atoms with Crippen molar-refractivity contribution in [2.24, 2.45) is 4.99 Å².